The number of benzene rings is 2. The van der Waals surface area contributed by atoms with Crippen molar-refractivity contribution >= 4 is 58.5 Å². The van der Waals surface area contributed by atoms with E-state index in [1.165, 1.54) is 17.0 Å². The van der Waals surface area contributed by atoms with Gasteiger partial charge in [-0.2, -0.15) is 0 Å². The molecule has 1 saturated heterocycles. The van der Waals surface area contributed by atoms with Gasteiger partial charge in [-0.05, 0) is 79.7 Å². The maximum atomic E-state index is 13.2. The van der Waals surface area contributed by atoms with Crippen LogP contribution in [0.2, 0.25) is 5.02 Å². The van der Waals surface area contributed by atoms with E-state index in [9.17, 15) is 14.4 Å². The Labute approximate surface area is 199 Å². The zero-order chi connectivity index (χ0) is 23.9. The van der Waals surface area contributed by atoms with Crippen molar-refractivity contribution in [3.8, 4) is 11.3 Å². The number of hydrogen-bond acceptors (Lipinski definition) is 5. The zero-order valence-electron chi connectivity index (χ0n) is 17.5. The van der Waals surface area contributed by atoms with E-state index in [-0.39, 0.29) is 22.0 Å². The zero-order valence-corrected chi connectivity index (χ0v) is 19.1. The van der Waals surface area contributed by atoms with Crippen LogP contribution in [-0.2, 0) is 9.59 Å². The van der Waals surface area contributed by atoms with Gasteiger partial charge in [-0.25, -0.2) is 4.79 Å². The molecule has 7 nitrogen and oxygen atoms in total. The Morgan fingerprint density at radius 2 is 1.91 bits per heavy atom. The minimum atomic E-state index is -1.02. The highest BCUT2D eigenvalue weighted by atomic mass is 35.5. The standard InChI is InChI=1S/C24H17ClN2O5S/c1-12-10-14(23(30)31)6-8-16(12)20-9-7-15(32-20)11-17-21(28)26-24(33)27(22(17)29)19-5-3-4-18(25)13(19)2/h3-11H,1-2H3,(H,30,31)(H,26,28,33)/b17-11+. The van der Waals surface area contributed by atoms with Gasteiger partial charge in [0.2, 0.25) is 0 Å². The lowest BCUT2D eigenvalue weighted by Crippen LogP contribution is -2.54. The Kier molecular flexibility index (Phi) is 5.88. The van der Waals surface area contributed by atoms with E-state index in [4.69, 9.17) is 33.3 Å². The highest BCUT2D eigenvalue weighted by molar-refractivity contribution is 7.80. The normalized spacial score (nSPS) is 15.2. The molecule has 1 aliphatic rings. The van der Waals surface area contributed by atoms with Gasteiger partial charge in [0.05, 0.1) is 11.3 Å². The smallest absolute Gasteiger partial charge is 0.335 e. The number of carbonyl (C=O) groups excluding carboxylic acids is 2. The Hall–Kier alpha value is -3.75. The van der Waals surface area contributed by atoms with Crippen molar-refractivity contribution in [3.63, 3.8) is 0 Å². The first-order valence-electron chi connectivity index (χ1n) is 9.78. The molecule has 0 spiro atoms. The monoisotopic (exact) mass is 480 g/mol. The third-order valence-electron chi connectivity index (χ3n) is 5.23. The largest absolute Gasteiger partial charge is 0.478 e. The van der Waals surface area contributed by atoms with Gasteiger partial charge in [0.1, 0.15) is 17.1 Å². The Morgan fingerprint density at radius 3 is 2.61 bits per heavy atom. The summed E-state index contributed by atoms with van der Waals surface area (Å²) in [6.07, 6.45) is 1.34. The number of hydrogen-bond donors (Lipinski definition) is 2. The van der Waals surface area contributed by atoms with Gasteiger partial charge in [0, 0.05) is 10.6 Å². The number of anilines is 1. The highest BCUT2D eigenvalue weighted by Gasteiger charge is 2.35. The van der Waals surface area contributed by atoms with Crippen molar-refractivity contribution < 1.29 is 23.9 Å². The number of nitrogens with zero attached hydrogens (tertiary/aromatic N) is 1. The van der Waals surface area contributed by atoms with Gasteiger partial charge < -0.3 is 9.52 Å². The average Bonchev–Trinajstić information content (AvgIpc) is 3.22. The fourth-order valence-corrected chi connectivity index (χ4v) is 3.95. The maximum absolute atomic E-state index is 13.2. The minimum Gasteiger partial charge on any atom is -0.478 e. The van der Waals surface area contributed by atoms with Crippen molar-refractivity contribution in [2.45, 2.75) is 13.8 Å². The summed E-state index contributed by atoms with van der Waals surface area (Å²) in [5, 5.41) is 12.1. The predicted molar refractivity (Wildman–Crippen MR) is 128 cm³/mol. The fraction of sp³-hybridized carbons (Fsp3) is 0.0833. The van der Waals surface area contributed by atoms with E-state index < -0.39 is 17.8 Å². The van der Waals surface area contributed by atoms with Crippen LogP contribution in [0.1, 0.15) is 27.2 Å². The number of carboxylic acids is 1. The van der Waals surface area contributed by atoms with Gasteiger partial charge >= 0.3 is 5.97 Å². The maximum Gasteiger partial charge on any atom is 0.335 e. The van der Waals surface area contributed by atoms with Gasteiger partial charge in [0.25, 0.3) is 11.8 Å². The third kappa shape index (κ3) is 4.18. The Morgan fingerprint density at radius 1 is 1.15 bits per heavy atom. The molecule has 33 heavy (non-hydrogen) atoms. The number of aromatic carboxylic acids is 1. The van der Waals surface area contributed by atoms with Crippen LogP contribution >= 0.6 is 23.8 Å². The first-order chi connectivity index (χ1) is 15.7. The molecule has 9 heteroatoms. The van der Waals surface area contributed by atoms with E-state index in [2.05, 4.69) is 5.32 Å². The number of aryl methyl sites for hydroxylation is 1. The molecule has 166 valence electrons. The van der Waals surface area contributed by atoms with Crippen molar-refractivity contribution in [1.29, 1.82) is 0 Å². The lowest BCUT2D eigenvalue weighted by molar-refractivity contribution is -0.122. The molecule has 4 rings (SSSR count). The molecule has 1 aliphatic heterocycles. The second-order valence-electron chi connectivity index (χ2n) is 7.38. The minimum absolute atomic E-state index is 0.0400. The van der Waals surface area contributed by atoms with Crippen LogP contribution in [0, 0.1) is 13.8 Å². The van der Waals surface area contributed by atoms with Crippen LogP contribution in [0.25, 0.3) is 17.4 Å². The van der Waals surface area contributed by atoms with Crippen LogP contribution < -0.4 is 10.2 Å². The van der Waals surface area contributed by atoms with E-state index in [1.807, 2.05) is 0 Å². The summed E-state index contributed by atoms with van der Waals surface area (Å²) in [6, 6.07) is 13.1. The van der Waals surface area contributed by atoms with E-state index in [0.717, 1.165) is 0 Å². The van der Waals surface area contributed by atoms with Crippen LogP contribution in [-0.4, -0.2) is 28.0 Å². The third-order valence-corrected chi connectivity index (χ3v) is 5.93. The average molecular weight is 481 g/mol. The summed E-state index contributed by atoms with van der Waals surface area (Å²) in [5.74, 6) is -1.51. The molecular formula is C24H17ClN2O5S. The topological polar surface area (TPSA) is 99.8 Å². The molecule has 0 atom stereocenters. The predicted octanol–water partition coefficient (Wildman–Crippen LogP) is 4.75. The van der Waals surface area contributed by atoms with E-state index >= 15 is 0 Å². The summed E-state index contributed by atoms with van der Waals surface area (Å²) in [4.78, 5) is 38.1. The van der Waals surface area contributed by atoms with Crippen molar-refractivity contribution in [3.05, 3.63) is 81.6 Å². The number of nitrogens with one attached hydrogen (secondary N) is 1. The first-order valence-corrected chi connectivity index (χ1v) is 10.6. The molecule has 0 aliphatic carbocycles. The van der Waals surface area contributed by atoms with Gasteiger partial charge in [-0.3, -0.25) is 19.8 Å². The molecule has 2 N–H and O–H groups in total. The molecule has 0 unspecified atom stereocenters. The SMILES string of the molecule is Cc1cc(C(=O)O)ccc1-c1ccc(/C=C2\C(=O)NC(=S)N(c3cccc(Cl)c3C)C2=O)o1. The summed E-state index contributed by atoms with van der Waals surface area (Å²) < 4.78 is 5.83. The number of rotatable bonds is 4. The van der Waals surface area contributed by atoms with Crippen molar-refractivity contribution in [2.75, 3.05) is 4.90 Å². The van der Waals surface area contributed by atoms with Crippen molar-refractivity contribution in [2.24, 2.45) is 0 Å². The molecule has 2 aromatic carbocycles. The van der Waals surface area contributed by atoms with E-state index in [1.54, 1.807) is 56.3 Å². The lowest BCUT2D eigenvalue weighted by Gasteiger charge is -2.30. The molecule has 0 radical (unpaired) electrons. The van der Waals surface area contributed by atoms with Crippen molar-refractivity contribution in [1.82, 2.24) is 5.32 Å². The molecule has 1 aromatic heterocycles. The first kappa shape index (κ1) is 22.4. The molecular weight excluding hydrogens is 464 g/mol. The Balaban J connectivity index is 1.69. The summed E-state index contributed by atoms with van der Waals surface area (Å²) in [7, 11) is 0. The van der Waals surface area contributed by atoms with Crippen LogP contribution in [0.15, 0.2) is 58.5 Å². The summed E-state index contributed by atoms with van der Waals surface area (Å²) in [6.45, 7) is 3.52. The highest BCUT2D eigenvalue weighted by Crippen LogP contribution is 2.31. The number of carbonyl (C=O) groups is 3. The van der Waals surface area contributed by atoms with Crippen LogP contribution in [0.5, 0.6) is 0 Å². The second-order valence-corrected chi connectivity index (χ2v) is 8.17. The number of halogens is 1. The number of thiocarbonyl (C=S) groups is 1. The van der Waals surface area contributed by atoms with Crippen LogP contribution in [0.4, 0.5) is 5.69 Å². The molecule has 0 bridgehead atoms. The molecule has 3 aromatic rings. The van der Waals surface area contributed by atoms with Crippen LogP contribution in [0.3, 0.4) is 0 Å². The number of furan rings is 1. The number of carboxylic acid groups (broad SMARTS) is 1. The fourth-order valence-electron chi connectivity index (χ4n) is 3.51. The van der Waals surface area contributed by atoms with E-state index in [0.29, 0.717) is 33.2 Å². The number of amides is 2. The van der Waals surface area contributed by atoms with Gasteiger partial charge in [0.15, 0.2) is 5.11 Å². The second kappa shape index (κ2) is 8.65. The molecule has 2 amide bonds. The quantitative estimate of drug-likeness (QED) is 0.317. The lowest BCUT2D eigenvalue weighted by atomic mass is 10.0. The summed E-state index contributed by atoms with van der Waals surface area (Å²) in [5.41, 5.74) is 2.54. The molecule has 2 heterocycles. The molecule has 1 fully saturated rings. The summed E-state index contributed by atoms with van der Waals surface area (Å²) >= 11 is 11.4. The van der Waals surface area contributed by atoms with Gasteiger partial charge in [-0.15, -0.1) is 0 Å². The Bertz CT molecular complexity index is 1370. The van der Waals surface area contributed by atoms with Gasteiger partial charge in [-0.1, -0.05) is 23.7 Å². The molecule has 0 saturated carbocycles.